The van der Waals surface area contributed by atoms with Gasteiger partial charge in [-0.15, -0.1) is 0 Å². The number of aromatic carboxylic acids is 1. The molecule has 0 aliphatic rings. The van der Waals surface area contributed by atoms with E-state index >= 15 is 0 Å². The standard InChI is InChI=1S/C7H6O5S.Rb.H/c8-7(9)5-1-3-6(4-2-5)13(10,11)12;;/h1-4H,(H,8,9)(H,10,11,12);;. The van der Waals surface area contributed by atoms with Gasteiger partial charge in [0, 0.05) is 0 Å². The molecule has 14 heavy (non-hydrogen) atoms. The van der Waals surface area contributed by atoms with Crippen LogP contribution in [-0.4, -0.2) is 82.2 Å². The third-order valence-electron chi connectivity index (χ3n) is 1.40. The average Bonchev–Trinajstić information content (AvgIpc) is 2.03. The second-order valence-corrected chi connectivity index (χ2v) is 3.73. The van der Waals surface area contributed by atoms with E-state index in [-0.39, 0.29) is 68.6 Å². The Morgan fingerprint density at radius 1 is 1.14 bits per heavy atom. The molecular weight excluding hydrogens is 282 g/mol. The molecule has 0 saturated heterocycles. The van der Waals surface area contributed by atoms with Crippen molar-refractivity contribution in [3.05, 3.63) is 29.8 Å². The molecular formula is C7H7O5RbS. The van der Waals surface area contributed by atoms with Crippen molar-refractivity contribution in [3.63, 3.8) is 0 Å². The van der Waals surface area contributed by atoms with Crippen molar-refractivity contribution in [2.24, 2.45) is 0 Å². The number of hydrogen-bond acceptors (Lipinski definition) is 3. The molecule has 0 aliphatic heterocycles. The van der Waals surface area contributed by atoms with Gasteiger partial charge in [-0.3, -0.25) is 4.55 Å². The molecule has 7 heteroatoms. The molecule has 0 bridgehead atoms. The van der Waals surface area contributed by atoms with Crippen LogP contribution in [-0.2, 0) is 10.1 Å². The fraction of sp³-hybridized carbons (Fsp3) is 0. The first-order valence-electron chi connectivity index (χ1n) is 3.22. The normalized spacial score (nSPS) is 10.4. The van der Waals surface area contributed by atoms with Crippen molar-refractivity contribution in [1.82, 2.24) is 0 Å². The number of carbonyl (C=O) groups is 1. The van der Waals surface area contributed by atoms with Gasteiger partial charge in [-0.1, -0.05) is 0 Å². The molecule has 1 aromatic rings. The summed E-state index contributed by atoms with van der Waals surface area (Å²) in [5, 5.41) is 8.47. The molecule has 0 aromatic heterocycles. The zero-order chi connectivity index (χ0) is 10.1. The molecule has 0 spiro atoms. The number of rotatable bonds is 2. The summed E-state index contributed by atoms with van der Waals surface area (Å²) >= 11 is 0. The number of benzene rings is 1. The predicted molar refractivity (Wildman–Crippen MR) is 50.4 cm³/mol. The monoisotopic (exact) mass is 288 g/mol. The zero-order valence-corrected chi connectivity index (χ0v) is 7.15. The van der Waals surface area contributed by atoms with Gasteiger partial charge in [0.15, 0.2) is 0 Å². The Bertz CT molecular complexity index is 422. The molecule has 0 fully saturated rings. The summed E-state index contributed by atoms with van der Waals surface area (Å²) < 4.78 is 29.6. The van der Waals surface area contributed by atoms with Gasteiger partial charge in [-0.25, -0.2) is 4.79 Å². The van der Waals surface area contributed by atoms with E-state index in [1.54, 1.807) is 0 Å². The van der Waals surface area contributed by atoms with Crippen LogP contribution in [0.5, 0.6) is 0 Å². The Morgan fingerprint density at radius 3 is 1.86 bits per heavy atom. The zero-order valence-electron chi connectivity index (χ0n) is 6.34. The van der Waals surface area contributed by atoms with Crippen molar-refractivity contribution in [2.45, 2.75) is 4.90 Å². The first kappa shape index (κ1) is 14.4. The number of hydrogen-bond donors (Lipinski definition) is 2. The summed E-state index contributed by atoms with van der Waals surface area (Å²) in [5.41, 5.74) is -0.0348. The molecule has 0 aliphatic carbocycles. The van der Waals surface area contributed by atoms with E-state index in [1.165, 1.54) is 0 Å². The van der Waals surface area contributed by atoms with Crippen LogP contribution >= 0.6 is 0 Å². The van der Waals surface area contributed by atoms with Crippen LogP contribution in [0.1, 0.15) is 10.4 Å². The quantitative estimate of drug-likeness (QED) is 0.747. The van der Waals surface area contributed by atoms with Crippen LogP contribution in [0.4, 0.5) is 0 Å². The van der Waals surface area contributed by atoms with Gasteiger partial charge in [0.05, 0.1) is 10.5 Å². The third-order valence-corrected chi connectivity index (χ3v) is 2.27. The van der Waals surface area contributed by atoms with E-state index in [0.717, 1.165) is 24.3 Å². The maximum absolute atomic E-state index is 10.5. The summed E-state index contributed by atoms with van der Waals surface area (Å²) in [4.78, 5) is 10.0. The van der Waals surface area contributed by atoms with Crippen molar-refractivity contribution in [1.29, 1.82) is 0 Å². The molecule has 0 unspecified atom stereocenters. The number of carboxylic acid groups (broad SMARTS) is 1. The Labute approximate surface area is 130 Å². The Hall–Kier alpha value is 0.405. The molecule has 0 amide bonds. The van der Waals surface area contributed by atoms with Crippen LogP contribution in [0.2, 0.25) is 0 Å². The number of carboxylic acids is 1. The molecule has 0 atom stereocenters. The Balaban J connectivity index is 0.00000169. The summed E-state index contributed by atoms with van der Waals surface area (Å²) in [6, 6.07) is 4.26. The fourth-order valence-corrected chi connectivity index (χ4v) is 1.25. The molecule has 0 radical (unpaired) electrons. The first-order chi connectivity index (χ1) is 5.91. The summed E-state index contributed by atoms with van der Waals surface area (Å²) in [7, 11) is -4.24. The fourth-order valence-electron chi connectivity index (χ4n) is 0.769. The molecule has 2 N–H and O–H groups in total. The summed E-state index contributed by atoms with van der Waals surface area (Å²) in [5.74, 6) is -1.15. The van der Waals surface area contributed by atoms with E-state index in [0.29, 0.717) is 0 Å². The van der Waals surface area contributed by atoms with Crippen molar-refractivity contribution in [2.75, 3.05) is 0 Å². The molecule has 5 nitrogen and oxygen atoms in total. The van der Waals surface area contributed by atoms with Gasteiger partial charge in [0.25, 0.3) is 10.1 Å². The molecule has 0 heterocycles. The van der Waals surface area contributed by atoms with Crippen LogP contribution in [0.15, 0.2) is 29.2 Å². The van der Waals surface area contributed by atoms with Crippen molar-refractivity contribution >= 4 is 74.3 Å². The molecule has 0 saturated carbocycles. The van der Waals surface area contributed by atoms with Crippen LogP contribution < -0.4 is 0 Å². The predicted octanol–water partition coefficient (Wildman–Crippen LogP) is -0.0170. The maximum atomic E-state index is 10.5. The summed E-state index contributed by atoms with van der Waals surface area (Å²) in [6.07, 6.45) is 0. The van der Waals surface area contributed by atoms with Gasteiger partial charge < -0.3 is 5.11 Å². The van der Waals surface area contributed by atoms with Gasteiger partial charge in [-0.05, 0) is 24.3 Å². The van der Waals surface area contributed by atoms with Crippen molar-refractivity contribution in [3.8, 4) is 0 Å². The van der Waals surface area contributed by atoms with E-state index in [9.17, 15) is 13.2 Å². The minimum absolute atomic E-state index is 0. The van der Waals surface area contributed by atoms with E-state index < -0.39 is 16.1 Å². The van der Waals surface area contributed by atoms with Gasteiger partial charge in [0.1, 0.15) is 0 Å². The molecule has 1 rings (SSSR count). The van der Waals surface area contributed by atoms with Gasteiger partial charge in [0.2, 0.25) is 0 Å². The van der Waals surface area contributed by atoms with Crippen molar-refractivity contribution < 1.29 is 22.9 Å². The van der Waals surface area contributed by atoms with E-state index in [4.69, 9.17) is 9.66 Å². The van der Waals surface area contributed by atoms with E-state index in [2.05, 4.69) is 0 Å². The topological polar surface area (TPSA) is 91.7 Å². The van der Waals surface area contributed by atoms with Gasteiger partial charge in [-0.2, -0.15) is 8.42 Å². The second-order valence-electron chi connectivity index (χ2n) is 2.30. The second kappa shape index (κ2) is 5.48. The summed E-state index contributed by atoms with van der Waals surface area (Å²) in [6.45, 7) is 0. The van der Waals surface area contributed by atoms with E-state index in [1.807, 2.05) is 0 Å². The van der Waals surface area contributed by atoms with Crippen LogP contribution in [0, 0.1) is 0 Å². The Kier molecular flexibility index (Phi) is 5.64. The van der Waals surface area contributed by atoms with Crippen LogP contribution in [0.25, 0.3) is 0 Å². The van der Waals surface area contributed by atoms with Crippen LogP contribution in [0.3, 0.4) is 0 Å². The minimum atomic E-state index is -4.24. The third kappa shape index (κ3) is 3.88. The SMILES string of the molecule is O=C(O)c1ccc(S(=O)(=O)O)cc1.[RbH]. The molecule has 72 valence electrons. The first-order valence-corrected chi connectivity index (χ1v) is 4.66. The average molecular weight is 289 g/mol. The Morgan fingerprint density at radius 2 is 1.57 bits per heavy atom. The van der Waals surface area contributed by atoms with Gasteiger partial charge >= 0.3 is 64.2 Å². The molecule has 1 aromatic carbocycles.